The van der Waals surface area contributed by atoms with Gasteiger partial charge in [0.2, 0.25) is 5.91 Å². The highest BCUT2D eigenvalue weighted by molar-refractivity contribution is 6.30. The molecule has 3 aromatic rings. The summed E-state index contributed by atoms with van der Waals surface area (Å²) in [6, 6.07) is 15.2. The SMILES string of the molecule is Cc1c(CCC(=O)O)cccc1NC(=O)C(C)c1ccc(-c2cncc(Cl)c2)cc1. The van der Waals surface area contributed by atoms with E-state index in [4.69, 9.17) is 16.7 Å². The summed E-state index contributed by atoms with van der Waals surface area (Å²) in [7, 11) is 0. The van der Waals surface area contributed by atoms with Gasteiger partial charge in [-0.3, -0.25) is 14.6 Å². The maximum Gasteiger partial charge on any atom is 0.303 e. The van der Waals surface area contributed by atoms with Crippen LogP contribution in [0.15, 0.2) is 60.9 Å². The zero-order chi connectivity index (χ0) is 21.7. The molecule has 0 aliphatic heterocycles. The zero-order valence-corrected chi connectivity index (χ0v) is 17.6. The van der Waals surface area contributed by atoms with Crippen molar-refractivity contribution < 1.29 is 14.7 Å². The number of rotatable bonds is 7. The Hall–Kier alpha value is -3.18. The van der Waals surface area contributed by atoms with E-state index in [-0.39, 0.29) is 18.2 Å². The highest BCUT2D eigenvalue weighted by Gasteiger charge is 2.17. The molecule has 1 heterocycles. The maximum atomic E-state index is 12.8. The lowest BCUT2D eigenvalue weighted by Crippen LogP contribution is -2.19. The summed E-state index contributed by atoms with van der Waals surface area (Å²) >= 11 is 6.01. The van der Waals surface area contributed by atoms with E-state index in [0.717, 1.165) is 27.8 Å². The third-order valence-electron chi connectivity index (χ3n) is 5.15. The molecule has 30 heavy (non-hydrogen) atoms. The van der Waals surface area contributed by atoms with Crippen LogP contribution < -0.4 is 5.32 Å². The Labute approximate surface area is 180 Å². The summed E-state index contributed by atoms with van der Waals surface area (Å²) in [6.45, 7) is 3.75. The number of carbonyl (C=O) groups excluding carboxylic acids is 1. The Bertz CT molecular complexity index is 1060. The van der Waals surface area contributed by atoms with Crippen LogP contribution in [0, 0.1) is 6.92 Å². The number of pyridine rings is 1. The van der Waals surface area contributed by atoms with Crippen molar-refractivity contribution in [3.8, 4) is 11.1 Å². The second kappa shape index (κ2) is 9.55. The number of nitrogens with zero attached hydrogens (tertiary/aromatic N) is 1. The van der Waals surface area contributed by atoms with Gasteiger partial charge < -0.3 is 10.4 Å². The highest BCUT2D eigenvalue weighted by atomic mass is 35.5. The van der Waals surface area contributed by atoms with Crippen LogP contribution in [-0.2, 0) is 16.0 Å². The van der Waals surface area contributed by atoms with Gasteiger partial charge in [-0.25, -0.2) is 0 Å². The van der Waals surface area contributed by atoms with Crippen molar-refractivity contribution in [3.63, 3.8) is 0 Å². The van der Waals surface area contributed by atoms with Crippen LogP contribution >= 0.6 is 11.6 Å². The van der Waals surface area contributed by atoms with E-state index < -0.39 is 5.97 Å². The lowest BCUT2D eigenvalue weighted by molar-refractivity contribution is -0.137. The van der Waals surface area contributed by atoms with Gasteiger partial charge in [0.15, 0.2) is 0 Å². The molecule has 1 amide bonds. The minimum absolute atomic E-state index is 0.0587. The number of nitrogens with one attached hydrogen (secondary N) is 1. The maximum absolute atomic E-state index is 12.8. The number of benzene rings is 2. The van der Waals surface area contributed by atoms with E-state index in [1.54, 1.807) is 12.4 Å². The fourth-order valence-electron chi connectivity index (χ4n) is 3.26. The molecule has 6 heteroatoms. The van der Waals surface area contributed by atoms with E-state index in [2.05, 4.69) is 10.3 Å². The normalized spacial score (nSPS) is 11.7. The summed E-state index contributed by atoms with van der Waals surface area (Å²) in [5, 5.41) is 12.5. The van der Waals surface area contributed by atoms with Crippen LogP contribution in [0.1, 0.15) is 36.0 Å². The van der Waals surface area contributed by atoms with Crippen LogP contribution in [0.25, 0.3) is 11.1 Å². The number of carboxylic acid groups (broad SMARTS) is 1. The number of hydrogen-bond acceptors (Lipinski definition) is 3. The van der Waals surface area contributed by atoms with E-state index in [9.17, 15) is 9.59 Å². The van der Waals surface area contributed by atoms with Crippen LogP contribution in [0.2, 0.25) is 5.02 Å². The zero-order valence-electron chi connectivity index (χ0n) is 16.9. The fraction of sp³-hybridized carbons (Fsp3) is 0.208. The Morgan fingerprint density at radius 3 is 2.50 bits per heavy atom. The largest absolute Gasteiger partial charge is 0.481 e. The lowest BCUT2D eigenvalue weighted by atomic mass is 9.96. The van der Waals surface area contributed by atoms with Gasteiger partial charge in [0.05, 0.1) is 10.9 Å². The molecule has 0 saturated heterocycles. The van der Waals surface area contributed by atoms with Gasteiger partial charge in [-0.15, -0.1) is 0 Å². The smallest absolute Gasteiger partial charge is 0.303 e. The molecule has 154 valence electrons. The van der Waals surface area contributed by atoms with Crippen LogP contribution in [0.4, 0.5) is 5.69 Å². The molecule has 0 bridgehead atoms. The van der Waals surface area contributed by atoms with E-state index >= 15 is 0 Å². The van der Waals surface area contributed by atoms with E-state index in [1.165, 1.54) is 0 Å². The monoisotopic (exact) mass is 422 g/mol. The predicted molar refractivity (Wildman–Crippen MR) is 119 cm³/mol. The van der Waals surface area contributed by atoms with Gasteiger partial charge in [0.25, 0.3) is 0 Å². The number of amides is 1. The standard InChI is InChI=1S/C24H23ClN2O3/c1-15-17(10-11-23(28)29)4-3-5-22(15)27-24(30)16(2)18-6-8-19(9-7-18)20-12-21(25)14-26-13-20/h3-9,12-14,16H,10-11H2,1-2H3,(H,27,30)(H,28,29). The van der Waals surface area contributed by atoms with Crippen LogP contribution in [-0.4, -0.2) is 22.0 Å². The molecule has 3 rings (SSSR count). The number of aliphatic carboxylic acids is 1. The molecule has 1 aromatic heterocycles. The molecule has 0 fully saturated rings. The summed E-state index contributed by atoms with van der Waals surface area (Å²) < 4.78 is 0. The molecule has 1 atom stereocenters. The van der Waals surface area contributed by atoms with Crippen molar-refractivity contribution >= 4 is 29.2 Å². The second-order valence-electron chi connectivity index (χ2n) is 7.21. The summed E-state index contributed by atoms with van der Waals surface area (Å²) in [5.74, 6) is -1.31. The Kier molecular flexibility index (Phi) is 6.85. The third-order valence-corrected chi connectivity index (χ3v) is 5.36. The number of anilines is 1. The molecule has 0 aliphatic carbocycles. The number of halogens is 1. The molecule has 5 nitrogen and oxygen atoms in total. The summed E-state index contributed by atoms with van der Waals surface area (Å²) in [6.07, 6.45) is 3.82. The first kappa shape index (κ1) is 21.5. The van der Waals surface area contributed by atoms with Crippen molar-refractivity contribution in [2.45, 2.75) is 32.6 Å². The van der Waals surface area contributed by atoms with Crippen molar-refractivity contribution in [2.75, 3.05) is 5.32 Å². The molecular weight excluding hydrogens is 400 g/mol. The van der Waals surface area contributed by atoms with Gasteiger partial charge in [0.1, 0.15) is 0 Å². The number of carboxylic acids is 1. The van der Waals surface area contributed by atoms with E-state index in [0.29, 0.717) is 17.1 Å². The molecule has 2 N–H and O–H groups in total. The average Bonchev–Trinajstić information content (AvgIpc) is 2.73. The third kappa shape index (κ3) is 5.24. The minimum atomic E-state index is -0.838. The molecule has 2 aromatic carbocycles. The van der Waals surface area contributed by atoms with Crippen molar-refractivity contribution in [1.29, 1.82) is 0 Å². The average molecular weight is 423 g/mol. The molecule has 0 aliphatic rings. The number of carbonyl (C=O) groups is 2. The van der Waals surface area contributed by atoms with Crippen LogP contribution in [0.5, 0.6) is 0 Å². The number of aromatic nitrogens is 1. The number of aryl methyl sites for hydroxylation is 1. The first-order valence-corrected chi connectivity index (χ1v) is 10.0. The van der Waals surface area contributed by atoms with Crippen LogP contribution in [0.3, 0.4) is 0 Å². The van der Waals surface area contributed by atoms with Gasteiger partial charge >= 0.3 is 5.97 Å². The van der Waals surface area contributed by atoms with E-state index in [1.807, 2.05) is 62.4 Å². The fourth-order valence-corrected chi connectivity index (χ4v) is 3.43. The Morgan fingerprint density at radius 2 is 1.83 bits per heavy atom. The summed E-state index contributed by atoms with van der Waals surface area (Å²) in [4.78, 5) is 27.8. The number of hydrogen-bond donors (Lipinski definition) is 2. The van der Waals surface area contributed by atoms with Crippen molar-refractivity contribution in [1.82, 2.24) is 4.98 Å². The molecule has 1 unspecified atom stereocenters. The molecule has 0 radical (unpaired) electrons. The quantitative estimate of drug-likeness (QED) is 0.529. The van der Waals surface area contributed by atoms with Gasteiger partial charge in [-0.05, 0) is 54.7 Å². The first-order valence-electron chi connectivity index (χ1n) is 9.67. The topological polar surface area (TPSA) is 79.3 Å². The first-order chi connectivity index (χ1) is 14.3. The van der Waals surface area contributed by atoms with Gasteiger partial charge in [-0.2, -0.15) is 0 Å². The Balaban J connectivity index is 1.72. The molecule has 0 spiro atoms. The minimum Gasteiger partial charge on any atom is -0.481 e. The van der Waals surface area contributed by atoms with Gasteiger partial charge in [-0.1, -0.05) is 48.0 Å². The second-order valence-corrected chi connectivity index (χ2v) is 7.64. The van der Waals surface area contributed by atoms with Crippen molar-refractivity contribution in [3.05, 3.63) is 82.6 Å². The Morgan fingerprint density at radius 1 is 1.10 bits per heavy atom. The summed E-state index contributed by atoms with van der Waals surface area (Å²) in [5.41, 5.74) is 5.30. The predicted octanol–water partition coefficient (Wildman–Crippen LogP) is 5.47. The molecular formula is C24H23ClN2O3. The van der Waals surface area contributed by atoms with Gasteiger partial charge in [0, 0.05) is 30.1 Å². The molecule has 0 saturated carbocycles. The lowest BCUT2D eigenvalue weighted by Gasteiger charge is -2.16. The highest BCUT2D eigenvalue weighted by Crippen LogP contribution is 2.26. The van der Waals surface area contributed by atoms with Crippen molar-refractivity contribution in [2.24, 2.45) is 0 Å².